The van der Waals surface area contributed by atoms with Crippen LogP contribution in [0.5, 0.6) is 17.2 Å². The van der Waals surface area contributed by atoms with Gasteiger partial charge in [-0.1, -0.05) is 12.1 Å². The summed E-state index contributed by atoms with van der Waals surface area (Å²) >= 11 is -1.38. The first-order valence-electron chi connectivity index (χ1n) is 11.3. The summed E-state index contributed by atoms with van der Waals surface area (Å²) in [5, 5.41) is 5.57. The average molecular weight is 549 g/mol. The Morgan fingerprint density at radius 1 is 1.08 bits per heavy atom. The van der Waals surface area contributed by atoms with Crippen molar-refractivity contribution in [3.8, 4) is 17.2 Å². The van der Waals surface area contributed by atoms with Gasteiger partial charge < -0.3 is 24.7 Å². The molecule has 3 aromatic rings. The number of aromatic nitrogens is 2. The second-order valence-corrected chi connectivity index (χ2v) is 9.81. The van der Waals surface area contributed by atoms with Crippen LogP contribution in [0.2, 0.25) is 0 Å². The van der Waals surface area contributed by atoms with E-state index < -0.39 is 34.4 Å². The number of carbonyl (C=O) groups excluding carboxylic acids is 2. The second-order valence-electron chi connectivity index (χ2n) is 8.53. The van der Waals surface area contributed by atoms with Crippen LogP contribution >= 0.6 is 0 Å². The zero-order valence-corrected chi connectivity index (χ0v) is 21.1. The number of nitrogens with one attached hydrogen (secondary N) is 2. The van der Waals surface area contributed by atoms with Crippen molar-refractivity contribution in [1.82, 2.24) is 20.6 Å². The molecule has 0 radical (unpaired) electrons. The van der Waals surface area contributed by atoms with Gasteiger partial charge in [-0.2, -0.15) is 23.1 Å². The van der Waals surface area contributed by atoms with Crippen molar-refractivity contribution in [3.63, 3.8) is 0 Å². The molecule has 2 amide bonds. The molecule has 13 heteroatoms. The van der Waals surface area contributed by atoms with E-state index in [4.69, 9.17) is 9.47 Å². The Hall–Kier alpha value is -3.84. The molecule has 1 atom stereocenters. The van der Waals surface area contributed by atoms with Crippen LogP contribution in [-0.2, 0) is 28.7 Å². The molecule has 1 aliphatic carbocycles. The Kier molecular flexibility index (Phi) is 7.78. The zero-order chi connectivity index (χ0) is 27.5. The predicted molar refractivity (Wildman–Crippen MR) is 130 cm³/mol. The Morgan fingerprint density at radius 3 is 2.26 bits per heavy atom. The molecule has 0 spiro atoms. The standard InChI is InChI=1S/C25H23F3N4O5S/c1-36-18-7-8-20(19(11-18)25(26,27)28)37-17-5-3-15(4-6-17)12-29-22(34)24(9-10-24)32-21(33)16-13-30-23(31-14-16)38(2)35/h3-8,11,13-14H,9-10,12H2,1-2H3,(H,29,34)(H,32,33). The van der Waals surface area contributed by atoms with Gasteiger partial charge >= 0.3 is 11.3 Å². The van der Waals surface area contributed by atoms with Gasteiger partial charge in [-0.25, -0.2) is 0 Å². The van der Waals surface area contributed by atoms with Gasteiger partial charge in [0.25, 0.3) is 5.91 Å². The quantitative estimate of drug-likeness (QED) is 0.309. The molecule has 0 saturated heterocycles. The average Bonchev–Trinajstić information content (AvgIpc) is 3.68. The van der Waals surface area contributed by atoms with Crippen molar-refractivity contribution in [1.29, 1.82) is 0 Å². The minimum absolute atomic E-state index is 0.0563. The highest BCUT2D eigenvalue weighted by Gasteiger charge is 2.51. The van der Waals surface area contributed by atoms with E-state index in [1.807, 2.05) is 0 Å². The first kappa shape index (κ1) is 27.2. The van der Waals surface area contributed by atoms with Gasteiger partial charge in [0.1, 0.15) is 34.6 Å². The van der Waals surface area contributed by atoms with Crippen molar-refractivity contribution in [2.75, 3.05) is 13.4 Å². The zero-order valence-electron chi connectivity index (χ0n) is 20.3. The maximum atomic E-state index is 13.4. The lowest BCUT2D eigenvalue weighted by Gasteiger charge is -2.17. The fraction of sp³-hybridized carbons (Fsp3) is 0.280. The molecule has 2 aromatic carbocycles. The van der Waals surface area contributed by atoms with Gasteiger partial charge in [0.05, 0.1) is 12.7 Å². The summed E-state index contributed by atoms with van der Waals surface area (Å²) in [6.45, 7) is 0.132. The molecule has 2 N–H and O–H groups in total. The van der Waals surface area contributed by atoms with Gasteiger partial charge in [-0.3, -0.25) is 9.59 Å². The lowest BCUT2D eigenvalue weighted by atomic mass is 10.1. The van der Waals surface area contributed by atoms with Crippen LogP contribution in [0.4, 0.5) is 13.2 Å². The van der Waals surface area contributed by atoms with Crippen LogP contribution in [0.3, 0.4) is 0 Å². The number of benzene rings is 2. The van der Waals surface area contributed by atoms with E-state index in [1.165, 1.54) is 50.0 Å². The monoisotopic (exact) mass is 548 g/mol. The van der Waals surface area contributed by atoms with E-state index in [0.717, 1.165) is 6.07 Å². The van der Waals surface area contributed by atoms with Gasteiger partial charge in [0.15, 0.2) is 0 Å². The third-order valence-electron chi connectivity index (χ3n) is 5.78. The highest BCUT2D eigenvalue weighted by molar-refractivity contribution is 7.90. The Balaban J connectivity index is 1.34. The topological polar surface area (TPSA) is 126 Å². The van der Waals surface area contributed by atoms with E-state index in [-0.39, 0.29) is 40.4 Å². The van der Waals surface area contributed by atoms with E-state index in [0.29, 0.717) is 18.4 Å². The van der Waals surface area contributed by atoms with Gasteiger partial charge in [-0.15, -0.1) is 0 Å². The molecular formula is C25H23F3N4O5S. The van der Waals surface area contributed by atoms with E-state index in [1.54, 1.807) is 12.1 Å². The molecule has 1 saturated carbocycles. The Labute approximate surface area is 219 Å². The number of methoxy groups -OCH3 is 1. The first-order chi connectivity index (χ1) is 18.0. The molecule has 1 heterocycles. The minimum Gasteiger partial charge on any atom is -0.609 e. The molecule has 1 fully saturated rings. The smallest absolute Gasteiger partial charge is 0.420 e. The van der Waals surface area contributed by atoms with Crippen LogP contribution < -0.4 is 20.1 Å². The van der Waals surface area contributed by atoms with E-state index in [9.17, 15) is 27.3 Å². The minimum atomic E-state index is -4.63. The molecule has 38 heavy (non-hydrogen) atoms. The maximum Gasteiger partial charge on any atom is 0.420 e. The fourth-order valence-corrected chi connectivity index (χ4v) is 3.91. The summed E-state index contributed by atoms with van der Waals surface area (Å²) in [4.78, 5) is 33.1. The van der Waals surface area contributed by atoms with Gasteiger partial charge in [0.2, 0.25) is 5.91 Å². The normalized spacial score (nSPS) is 14.8. The number of hydrogen-bond acceptors (Lipinski definition) is 7. The van der Waals surface area contributed by atoms with Crippen LogP contribution in [0.15, 0.2) is 60.0 Å². The maximum absolute atomic E-state index is 13.4. The number of ether oxygens (including phenoxy) is 2. The van der Waals surface area contributed by atoms with Gasteiger partial charge in [0, 0.05) is 30.1 Å². The number of nitrogens with zero attached hydrogens (tertiary/aromatic N) is 2. The highest BCUT2D eigenvalue weighted by Crippen LogP contribution is 2.40. The molecule has 1 aromatic heterocycles. The lowest BCUT2D eigenvalue weighted by molar-refractivity contribution is -0.138. The van der Waals surface area contributed by atoms with Crippen LogP contribution in [-0.4, -0.2) is 45.2 Å². The summed E-state index contributed by atoms with van der Waals surface area (Å²) < 4.78 is 61.9. The number of hydrogen-bond donors (Lipinski definition) is 2. The number of alkyl halides is 3. The second kappa shape index (κ2) is 10.9. The van der Waals surface area contributed by atoms with E-state index in [2.05, 4.69) is 20.6 Å². The van der Waals surface area contributed by atoms with Crippen molar-refractivity contribution >= 4 is 23.0 Å². The summed E-state index contributed by atoms with van der Waals surface area (Å²) in [6.07, 6.45) is 0.205. The molecule has 1 unspecified atom stereocenters. The fourth-order valence-electron chi connectivity index (χ4n) is 3.51. The van der Waals surface area contributed by atoms with Crippen molar-refractivity contribution < 1.29 is 36.8 Å². The Bertz CT molecular complexity index is 1310. The summed E-state index contributed by atoms with van der Waals surface area (Å²) in [5.74, 6) is -1.02. The third kappa shape index (κ3) is 6.34. The van der Waals surface area contributed by atoms with E-state index >= 15 is 0 Å². The first-order valence-corrected chi connectivity index (χ1v) is 12.8. The van der Waals surface area contributed by atoms with Crippen molar-refractivity contribution in [3.05, 3.63) is 71.5 Å². The number of rotatable bonds is 9. The Morgan fingerprint density at radius 2 is 1.71 bits per heavy atom. The third-order valence-corrected chi connectivity index (χ3v) is 6.51. The molecule has 0 aliphatic heterocycles. The predicted octanol–water partition coefficient (Wildman–Crippen LogP) is 3.61. The largest absolute Gasteiger partial charge is 0.609 e. The highest BCUT2D eigenvalue weighted by atomic mass is 32.2. The lowest BCUT2D eigenvalue weighted by Crippen LogP contribution is -2.48. The molecule has 9 nitrogen and oxygen atoms in total. The molecule has 0 bridgehead atoms. The number of carbonyl (C=O) groups is 2. The number of halogens is 3. The van der Waals surface area contributed by atoms with Crippen LogP contribution in [0, 0.1) is 0 Å². The van der Waals surface area contributed by atoms with Crippen molar-refractivity contribution in [2.45, 2.75) is 36.3 Å². The summed E-state index contributed by atoms with van der Waals surface area (Å²) in [6, 6.07) is 9.63. The summed E-state index contributed by atoms with van der Waals surface area (Å²) in [7, 11) is 1.28. The molecule has 4 rings (SSSR count). The molecular weight excluding hydrogens is 525 g/mol. The molecule has 1 aliphatic rings. The van der Waals surface area contributed by atoms with Crippen molar-refractivity contribution in [2.24, 2.45) is 0 Å². The summed E-state index contributed by atoms with van der Waals surface area (Å²) in [5.41, 5.74) is -1.20. The number of amides is 2. The van der Waals surface area contributed by atoms with Crippen LogP contribution in [0.25, 0.3) is 0 Å². The van der Waals surface area contributed by atoms with Gasteiger partial charge in [-0.05, 0) is 48.7 Å². The van der Waals surface area contributed by atoms with Crippen LogP contribution in [0.1, 0.15) is 34.3 Å². The molecule has 200 valence electrons. The SMILES string of the molecule is COc1ccc(Oc2ccc(CNC(=O)C3(NC(=O)c4cnc([S+](C)[O-])nc4)CC3)cc2)c(C(F)(F)F)c1.